The molecule has 0 amide bonds. The molecule has 2 rings (SSSR count). The summed E-state index contributed by atoms with van der Waals surface area (Å²) in [5.74, 6) is 1.19. The van der Waals surface area contributed by atoms with Gasteiger partial charge in [0.15, 0.2) is 5.84 Å². The van der Waals surface area contributed by atoms with Crippen LogP contribution in [0.2, 0.25) is 0 Å². The number of hydrogen-bond acceptors (Lipinski definition) is 5. The van der Waals surface area contributed by atoms with Crippen molar-refractivity contribution in [1.82, 2.24) is 4.90 Å². The standard InChI is InChI=1S/C15H23N3O3/c1-10(19)12-5-6-18(8-12)9-13-7-11(15(16)17-20)3-4-14(13)21-2/h3-4,7,10,12,19-20H,5-6,8-9H2,1-2H3,(H2,16,17). The van der Waals surface area contributed by atoms with Crippen LogP contribution in [-0.4, -0.2) is 47.4 Å². The van der Waals surface area contributed by atoms with Gasteiger partial charge < -0.3 is 20.8 Å². The van der Waals surface area contributed by atoms with Crippen LogP contribution in [-0.2, 0) is 6.54 Å². The van der Waals surface area contributed by atoms with Gasteiger partial charge in [-0.25, -0.2) is 0 Å². The zero-order valence-electron chi connectivity index (χ0n) is 12.5. The third-order valence-electron chi connectivity index (χ3n) is 4.07. The Balaban J connectivity index is 2.15. The van der Waals surface area contributed by atoms with Crippen LogP contribution in [0.25, 0.3) is 0 Å². The average molecular weight is 293 g/mol. The molecule has 1 aliphatic heterocycles. The summed E-state index contributed by atoms with van der Waals surface area (Å²) in [6.07, 6.45) is 0.723. The van der Waals surface area contributed by atoms with Crippen molar-refractivity contribution in [2.45, 2.75) is 26.0 Å². The number of aliphatic hydroxyl groups excluding tert-OH is 1. The minimum absolute atomic E-state index is 0.0854. The van der Waals surface area contributed by atoms with Crippen molar-refractivity contribution in [2.75, 3.05) is 20.2 Å². The molecule has 1 saturated heterocycles. The summed E-state index contributed by atoms with van der Waals surface area (Å²) in [5, 5.41) is 21.5. The fourth-order valence-corrected chi connectivity index (χ4v) is 2.76. The highest BCUT2D eigenvalue weighted by Gasteiger charge is 2.26. The van der Waals surface area contributed by atoms with Crippen LogP contribution in [0.4, 0.5) is 0 Å². The molecule has 116 valence electrons. The van der Waals surface area contributed by atoms with E-state index in [1.54, 1.807) is 13.2 Å². The lowest BCUT2D eigenvalue weighted by Crippen LogP contribution is -2.24. The molecule has 6 heteroatoms. The lowest BCUT2D eigenvalue weighted by molar-refractivity contribution is 0.127. The fourth-order valence-electron chi connectivity index (χ4n) is 2.76. The molecule has 4 N–H and O–H groups in total. The molecule has 1 aliphatic rings. The van der Waals surface area contributed by atoms with Gasteiger partial charge in [0, 0.05) is 24.2 Å². The second-order valence-electron chi connectivity index (χ2n) is 5.54. The number of nitrogens with zero attached hydrogens (tertiary/aromatic N) is 2. The van der Waals surface area contributed by atoms with Crippen LogP contribution in [0, 0.1) is 5.92 Å². The third-order valence-corrected chi connectivity index (χ3v) is 4.07. The number of amidine groups is 1. The summed E-state index contributed by atoms with van der Waals surface area (Å²) >= 11 is 0. The second-order valence-corrected chi connectivity index (χ2v) is 5.54. The Labute approximate surface area is 124 Å². The van der Waals surface area contributed by atoms with E-state index in [9.17, 15) is 5.11 Å². The molecule has 0 saturated carbocycles. The quantitative estimate of drug-likeness (QED) is 0.326. The van der Waals surface area contributed by atoms with Crippen molar-refractivity contribution in [1.29, 1.82) is 0 Å². The highest BCUT2D eigenvalue weighted by Crippen LogP contribution is 2.26. The average Bonchev–Trinajstić information content (AvgIpc) is 2.95. The summed E-state index contributed by atoms with van der Waals surface area (Å²) in [4.78, 5) is 2.28. The molecule has 2 unspecified atom stereocenters. The van der Waals surface area contributed by atoms with Gasteiger partial charge >= 0.3 is 0 Å². The van der Waals surface area contributed by atoms with Gasteiger partial charge in [-0.2, -0.15) is 0 Å². The molecule has 0 aliphatic carbocycles. The first-order valence-corrected chi connectivity index (χ1v) is 7.10. The number of benzene rings is 1. The van der Waals surface area contributed by atoms with Gasteiger partial charge in [0.25, 0.3) is 0 Å². The van der Waals surface area contributed by atoms with E-state index in [0.29, 0.717) is 11.5 Å². The molecule has 6 nitrogen and oxygen atoms in total. The van der Waals surface area contributed by atoms with Gasteiger partial charge in [-0.05, 0) is 44.0 Å². The minimum Gasteiger partial charge on any atom is -0.496 e. The maximum absolute atomic E-state index is 9.67. The summed E-state index contributed by atoms with van der Waals surface area (Å²) in [6, 6.07) is 5.47. The third kappa shape index (κ3) is 3.65. The SMILES string of the molecule is COc1ccc(/C(N)=N/O)cc1CN1CCC(C(C)O)C1. The van der Waals surface area contributed by atoms with Crippen molar-refractivity contribution < 1.29 is 15.1 Å². The maximum Gasteiger partial charge on any atom is 0.170 e. The van der Waals surface area contributed by atoms with Gasteiger partial charge in [-0.15, -0.1) is 0 Å². The predicted molar refractivity (Wildman–Crippen MR) is 80.6 cm³/mol. The van der Waals surface area contributed by atoms with Crippen molar-refractivity contribution >= 4 is 5.84 Å². The lowest BCUT2D eigenvalue weighted by atomic mass is 10.0. The van der Waals surface area contributed by atoms with E-state index >= 15 is 0 Å². The molecule has 0 aromatic heterocycles. The molecule has 0 radical (unpaired) electrons. The molecular weight excluding hydrogens is 270 g/mol. The molecular formula is C15H23N3O3. The van der Waals surface area contributed by atoms with Crippen LogP contribution in [0.1, 0.15) is 24.5 Å². The van der Waals surface area contributed by atoms with Crippen molar-refractivity contribution in [2.24, 2.45) is 16.8 Å². The van der Waals surface area contributed by atoms with Gasteiger partial charge in [-0.1, -0.05) is 5.16 Å². The van der Waals surface area contributed by atoms with E-state index in [0.717, 1.165) is 37.4 Å². The molecule has 21 heavy (non-hydrogen) atoms. The summed E-state index contributed by atoms with van der Waals surface area (Å²) in [7, 11) is 1.63. The Bertz CT molecular complexity index is 517. The number of aliphatic hydroxyl groups is 1. The smallest absolute Gasteiger partial charge is 0.170 e. The van der Waals surface area contributed by atoms with E-state index in [-0.39, 0.29) is 11.9 Å². The molecule has 0 bridgehead atoms. The number of rotatable bonds is 5. The topological polar surface area (TPSA) is 91.3 Å². The summed E-state index contributed by atoms with van der Waals surface area (Å²) < 4.78 is 5.38. The van der Waals surface area contributed by atoms with Crippen LogP contribution < -0.4 is 10.5 Å². The first-order chi connectivity index (χ1) is 10.0. The monoisotopic (exact) mass is 293 g/mol. The molecule has 2 atom stereocenters. The van der Waals surface area contributed by atoms with E-state index in [1.165, 1.54) is 0 Å². The van der Waals surface area contributed by atoms with E-state index in [4.69, 9.17) is 15.7 Å². The Morgan fingerprint density at radius 2 is 2.33 bits per heavy atom. The zero-order chi connectivity index (χ0) is 15.4. The van der Waals surface area contributed by atoms with Crippen LogP contribution in [0.15, 0.2) is 23.4 Å². The van der Waals surface area contributed by atoms with Crippen molar-refractivity contribution in [3.63, 3.8) is 0 Å². The van der Waals surface area contributed by atoms with Gasteiger partial charge in [0.1, 0.15) is 5.75 Å². The number of hydrogen-bond donors (Lipinski definition) is 3. The first-order valence-electron chi connectivity index (χ1n) is 7.10. The normalized spacial score (nSPS) is 21.5. The summed E-state index contributed by atoms with van der Waals surface area (Å²) in [5.41, 5.74) is 7.30. The largest absolute Gasteiger partial charge is 0.496 e. The number of oxime groups is 1. The predicted octanol–water partition coefficient (Wildman–Crippen LogP) is 0.992. The molecule has 1 aromatic rings. The van der Waals surface area contributed by atoms with E-state index in [2.05, 4.69) is 10.1 Å². The van der Waals surface area contributed by atoms with Crippen molar-refractivity contribution in [3.05, 3.63) is 29.3 Å². The van der Waals surface area contributed by atoms with Gasteiger partial charge in [0.05, 0.1) is 13.2 Å². The Kier molecular flexibility index (Phi) is 5.03. The minimum atomic E-state index is -0.277. The highest BCUT2D eigenvalue weighted by atomic mass is 16.5. The molecule has 1 heterocycles. The Morgan fingerprint density at radius 1 is 1.57 bits per heavy atom. The maximum atomic E-state index is 9.67. The second kappa shape index (κ2) is 6.78. The first kappa shape index (κ1) is 15.6. The van der Waals surface area contributed by atoms with Crippen LogP contribution in [0.5, 0.6) is 5.75 Å². The number of ether oxygens (including phenoxy) is 1. The molecule has 1 fully saturated rings. The Morgan fingerprint density at radius 3 is 2.90 bits per heavy atom. The number of nitrogens with two attached hydrogens (primary N) is 1. The molecule has 0 spiro atoms. The van der Waals surface area contributed by atoms with Gasteiger partial charge in [0.2, 0.25) is 0 Å². The summed E-state index contributed by atoms with van der Waals surface area (Å²) in [6.45, 7) is 4.38. The van der Waals surface area contributed by atoms with Gasteiger partial charge in [-0.3, -0.25) is 4.90 Å². The van der Waals surface area contributed by atoms with Crippen molar-refractivity contribution in [3.8, 4) is 5.75 Å². The zero-order valence-corrected chi connectivity index (χ0v) is 12.5. The fraction of sp³-hybridized carbons (Fsp3) is 0.533. The van der Waals surface area contributed by atoms with Crippen LogP contribution >= 0.6 is 0 Å². The Hall–Kier alpha value is -1.79. The van der Waals surface area contributed by atoms with Crippen LogP contribution in [0.3, 0.4) is 0 Å². The number of likely N-dealkylation sites (tertiary alicyclic amines) is 1. The van der Waals surface area contributed by atoms with E-state index in [1.807, 2.05) is 19.1 Å². The lowest BCUT2D eigenvalue weighted by Gasteiger charge is -2.19. The highest BCUT2D eigenvalue weighted by molar-refractivity contribution is 5.97. The molecule has 1 aromatic carbocycles. The van der Waals surface area contributed by atoms with E-state index < -0.39 is 0 Å². The number of methoxy groups -OCH3 is 1.